The Bertz CT molecular complexity index is 688. The largest absolute Gasteiger partial charge is 0.351 e. The summed E-state index contributed by atoms with van der Waals surface area (Å²) >= 11 is 0. The van der Waals surface area contributed by atoms with Crippen LogP contribution in [-0.4, -0.2) is 44.4 Å². The molecule has 1 atom stereocenters. The highest BCUT2D eigenvalue weighted by molar-refractivity contribution is 7.91. The number of hydrogen-bond donors (Lipinski definition) is 3. The fourth-order valence-electron chi connectivity index (χ4n) is 2.39. The van der Waals surface area contributed by atoms with Crippen LogP contribution in [0.15, 0.2) is 24.3 Å². The molecular formula is C15H21N3O4S. The van der Waals surface area contributed by atoms with E-state index >= 15 is 0 Å². The lowest BCUT2D eigenvalue weighted by Gasteiger charge is -2.12. The summed E-state index contributed by atoms with van der Waals surface area (Å²) in [6, 6.07) is 6.60. The number of sulfone groups is 1. The third kappa shape index (κ3) is 5.55. The van der Waals surface area contributed by atoms with Gasteiger partial charge in [0.1, 0.15) is 0 Å². The Morgan fingerprint density at radius 3 is 2.74 bits per heavy atom. The van der Waals surface area contributed by atoms with E-state index in [1.165, 1.54) is 0 Å². The second-order valence-electron chi connectivity index (χ2n) is 5.53. The smallest absolute Gasteiger partial charge is 0.319 e. The van der Waals surface area contributed by atoms with Gasteiger partial charge >= 0.3 is 6.03 Å². The Morgan fingerprint density at radius 2 is 2.09 bits per heavy atom. The van der Waals surface area contributed by atoms with Crippen LogP contribution in [-0.2, 0) is 21.1 Å². The van der Waals surface area contributed by atoms with Crippen molar-refractivity contribution in [3.05, 3.63) is 29.8 Å². The van der Waals surface area contributed by atoms with Gasteiger partial charge in [0.25, 0.3) is 0 Å². The second-order valence-corrected chi connectivity index (χ2v) is 7.76. The molecule has 1 aromatic rings. The molecule has 3 N–H and O–H groups in total. The van der Waals surface area contributed by atoms with Crippen molar-refractivity contribution in [2.24, 2.45) is 0 Å². The molecule has 1 aliphatic rings. The molecule has 1 aromatic carbocycles. The Morgan fingerprint density at radius 1 is 1.30 bits per heavy atom. The van der Waals surface area contributed by atoms with Gasteiger partial charge in [-0.3, -0.25) is 4.79 Å². The van der Waals surface area contributed by atoms with Gasteiger partial charge in [0.15, 0.2) is 9.84 Å². The summed E-state index contributed by atoms with van der Waals surface area (Å²) in [6.45, 7) is 1.82. The zero-order valence-electron chi connectivity index (χ0n) is 13.0. The molecule has 23 heavy (non-hydrogen) atoms. The quantitative estimate of drug-likeness (QED) is 0.733. The number of carbonyl (C=O) groups is 2. The Balaban J connectivity index is 1.74. The van der Waals surface area contributed by atoms with E-state index in [1.807, 2.05) is 25.1 Å². The van der Waals surface area contributed by atoms with Crippen molar-refractivity contribution in [1.29, 1.82) is 0 Å². The molecule has 0 radical (unpaired) electrons. The molecule has 0 bridgehead atoms. The van der Waals surface area contributed by atoms with Gasteiger partial charge in [-0.15, -0.1) is 0 Å². The lowest BCUT2D eigenvalue weighted by Crippen LogP contribution is -2.43. The van der Waals surface area contributed by atoms with Gasteiger partial charge < -0.3 is 16.0 Å². The van der Waals surface area contributed by atoms with Crippen molar-refractivity contribution in [3.8, 4) is 0 Å². The first-order valence-electron chi connectivity index (χ1n) is 7.51. The minimum Gasteiger partial charge on any atom is -0.351 e. The summed E-state index contributed by atoms with van der Waals surface area (Å²) in [5.41, 5.74) is 1.76. The number of hydrogen-bond acceptors (Lipinski definition) is 4. The molecule has 2 rings (SSSR count). The van der Waals surface area contributed by atoms with E-state index < -0.39 is 21.8 Å². The molecule has 1 unspecified atom stereocenters. The van der Waals surface area contributed by atoms with Crippen LogP contribution in [0.25, 0.3) is 0 Å². The average molecular weight is 339 g/mol. The van der Waals surface area contributed by atoms with E-state index in [0.717, 1.165) is 12.0 Å². The molecular weight excluding hydrogens is 318 g/mol. The number of nitrogens with one attached hydrogen (secondary N) is 3. The first kappa shape index (κ1) is 17.3. The van der Waals surface area contributed by atoms with Gasteiger partial charge in [-0.05, 0) is 30.5 Å². The zero-order valence-corrected chi connectivity index (χ0v) is 13.8. The Kier molecular flexibility index (Phi) is 5.59. The number of rotatable bonds is 5. The standard InChI is InChI=1S/C15H21N3O4S/c1-2-11-4-3-5-12(8-11)18-15(20)16-9-14(19)17-13-6-7-23(21,22)10-13/h3-5,8,13H,2,6-7,9-10H2,1H3,(H,17,19)(H2,16,18,20). The summed E-state index contributed by atoms with van der Waals surface area (Å²) in [4.78, 5) is 23.5. The maximum absolute atomic E-state index is 11.8. The molecule has 1 heterocycles. The normalized spacial score (nSPS) is 19.1. The number of benzene rings is 1. The predicted molar refractivity (Wildman–Crippen MR) is 88.0 cm³/mol. The minimum absolute atomic E-state index is 0.0330. The van der Waals surface area contributed by atoms with Crippen LogP contribution in [0.3, 0.4) is 0 Å². The van der Waals surface area contributed by atoms with E-state index in [1.54, 1.807) is 6.07 Å². The van der Waals surface area contributed by atoms with E-state index in [-0.39, 0.29) is 24.1 Å². The van der Waals surface area contributed by atoms with Gasteiger partial charge in [-0.1, -0.05) is 19.1 Å². The van der Waals surface area contributed by atoms with E-state index in [9.17, 15) is 18.0 Å². The van der Waals surface area contributed by atoms with Crippen molar-refractivity contribution in [1.82, 2.24) is 10.6 Å². The lowest BCUT2D eigenvalue weighted by molar-refractivity contribution is -0.120. The van der Waals surface area contributed by atoms with Gasteiger partial charge in [-0.2, -0.15) is 0 Å². The summed E-state index contributed by atoms with van der Waals surface area (Å²) in [5.74, 6) is -0.335. The van der Waals surface area contributed by atoms with Crippen LogP contribution in [0.2, 0.25) is 0 Å². The SMILES string of the molecule is CCc1cccc(NC(=O)NCC(=O)NC2CCS(=O)(=O)C2)c1. The summed E-state index contributed by atoms with van der Waals surface area (Å²) in [7, 11) is -3.03. The van der Waals surface area contributed by atoms with E-state index in [0.29, 0.717) is 12.1 Å². The van der Waals surface area contributed by atoms with Gasteiger partial charge in [0, 0.05) is 11.7 Å². The molecule has 0 spiro atoms. The van der Waals surface area contributed by atoms with Crippen LogP contribution in [0.5, 0.6) is 0 Å². The molecule has 1 fully saturated rings. The fraction of sp³-hybridized carbons (Fsp3) is 0.467. The Labute approximate surface area is 135 Å². The minimum atomic E-state index is -3.03. The number of anilines is 1. The first-order chi connectivity index (χ1) is 10.9. The third-order valence-corrected chi connectivity index (χ3v) is 5.37. The average Bonchev–Trinajstić information content (AvgIpc) is 2.84. The number of urea groups is 1. The van der Waals surface area contributed by atoms with Crippen molar-refractivity contribution in [2.75, 3.05) is 23.4 Å². The highest BCUT2D eigenvalue weighted by Crippen LogP contribution is 2.11. The van der Waals surface area contributed by atoms with Crippen molar-refractivity contribution < 1.29 is 18.0 Å². The highest BCUT2D eigenvalue weighted by Gasteiger charge is 2.28. The van der Waals surface area contributed by atoms with Crippen LogP contribution in [0.1, 0.15) is 18.9 Å². The molecule has 7 nitrogen and oxygen atoms in total. The summed E-state index contributed by atoms with van der Waals surface area (Å²) in [6.07, 6.45) is 1.29. The van der Waals surface area contributed by atoms with Crippen LogP contribution >= 0.6 is 0 Å². The Hall–Kier alpha value is -2.09. The first-order valence-corrected chi connectivity index (χ1v) is 9.33. The monoisotopic (exact) mass is 339 g/mol. The van der Waals surface area contributed by atoms with Gasteiger partial charge in [0.05, 0.1) is 18.1 Å². The number of amides is 3. The zero-order chi connectivity index (χ0) is 16.9. The molecule has 0 aliphatic carbocycles. The number of aryl methyl sites for hydroxylation is 1. The van der Waals surface area contributed by atoms with Crippen LogP contribution in [0.4, 0.5) is 10.5 Å². The molecule has 1 aliphatic heterocycles. The van der Waals surface area contributed by atoms with Crippen molar-refractivity contribution in [2.45, 2.75) is 25.8 Å². The van der Waals surface area contributed by atoms with E-state index in [4.69, 9.17) is 0 Å². The highest BCUT2D eigenvalue weighted by atomic mass is 32.2. The molecule has 3 amide bonds. The number of carbonyl (C=O) groups excluding carboxylic acids is 2. The lowest BCUT2D eigenvalue weighted by atomic mass is 10.1. The second kappa shape index (κ2) is 7.45. The predicted octanol–water partition coefficient (Wildman–Crippen LogP) is 0.674. The fourth-order valence-corrected chi connectivity index (χ4v) is 4.07. The molecule has 0 saturated carbocycles. The van der Waals surface area contributed by atoms with Crippen LogP contribution < -0.4 is 16.0 Å². The van der Waals surface area contributed by atoms with Crippen LogP contribution in [0, 0.1) is 0 Å². The summed E-state index contributed by atoms with van der Waals surface area (Å²) in [5, 5.41) is 7.72. The van der Waals surface area contributed by atoms with Crippen molar-refractivity contribution >= 4 is 27.5 Å². The topological polar surface area (TPSA) is 104 Å². The maximum atomic E-state index is 11.8. The van der Waals surface area contributed by atoms with Crippen molar-refractivity contribution in [3.63, 3.8) is 0 Å². The molecule has 8 heteroatoms. The van der Waals surface area contributed by atoms with Gasteiger partial charge in [-0.25, -0.2) is 13.2 Å². The van der Waals surface area contributed by atoms with Gasteiger partial charge in [0.2, 0.25) is 5.91 Å². The molecule has 126 valence electrons. The van der Waals surface area contributed by atoms with E-state index in [2.05, 4.69) is 16.0 Å². The molecule has 0 aromatic heterocycles. The molecule has 1 saturated heterocycles. The maximum Gasteiger partial charge on any atom is 0.319 e. The third-order valence-electron chi connectivity index (χ3n) is 3.60. The summed E-state index contributed by atoms with van der Waals surface area (Å²) < 4.78 is 22.6.